The highest BCUT2D eigenvalue weighted by Gasteiger charge is 2.30. The minimum Gasteiger partial charge on any atom is -0.487 e. The molecule has 0 spiro atoms. The van der Waals surface area contributed by atoms with Crippen molar-refractivity contribution >= 4 is 27.7 Å². The molecule has 0 aromatic heterocycles. The van der Waals surface area contributed by atoms with Crippen molar-refractivity contribution in [3.05, 3.63) is 21.7 Å². The highest BCUT2D eigenvalue weighted by Crippen LogP contribution is 2.44. The largest absolute Gasteiger partial charge is 0.487 e. The molecule has 7 heteroatoms. The summed E-state index contributed by atoms with van der Waals surface area (Å²) in [4.78, 5) is 16.7. The third kappa shape index (κ3) is 4.74. The fraction of sp³-hybridized carbons (Fsp3) is 0.667. The molecule has 0 bridgehead atoms. The zero-order chi connectivity index (χ0) is 20.5. The molecule has 1 atom stereocenters. The second-order valence-corrected chi connectivity index (χ2v) is 9.30. The maximum absolute atomic E-state index is 12.5. The van der Waals surface area contributed by atoms with Crippen molar-refractivity contribution in [1.29, 1.82) is 0 Å². The van der Waals surface area contributed by atoms with Crippen LogP contribution in [-0.4, -0.2) is 62.6 Å². The van der Waals surface area contributed by atoms with Crippen molar-refractivity contribution in [2.45, 2.75) is 52.2 Å². The second-order valence-electron chi connectivity index (χ2n) is 8.51. The van der Waals surface area contributed by atoms with Gasteiger partial charge in [0.25, 0.3) is 0 Å². The summed E-state index contributed by atoms with van der Waals surface area (Å²) < 4.78 is 18.1. The number of hydrogen-bond acceptors (Lipinski definition) is 5. The third-order valence-corrected chi connectivity index (χ3v) is 5.88. The number of anilines is 1. The molecule has 0 radical (unpaired) electrons. The van der Waals surface area contributed by atoms with Crippen molar-refractivity contribution in [2.75, 3.05) is 44.8 Å². The van der Waals surface area contributed by atoms with Gasteiger partial charge >= 0.3 is 6.09 Å². The normalized spacial score (nSPS) is 19.4. The van der Waals surface area contributed by atoms with E-state index in [1.165, 1.54) is 11.1 Å². The first-order valence-electron chi connectivity index (χ1n) is 9.92. The van der Waals surface area contributed by atoms with Gasteiger partial charge in [0, 0.05) is 31.2 Å². The van der Waals surface area contributed by atoms with Crippen LogP contribution in [0.15, 0.2) is 10.5 Å². The number of carbonyl (C=O) groups is 1. The Kier molecular flexibility index (Phi) is 6.44. The lowest BCUT2D eigenvalue weighted by molar-refractivity contribution is 0.0258. The number of nitrogens with zero attached hydrogens (tertiary/aromatic N) is 2. The average Bonchev–Trinajstić information content (AvgIpc) is 2.80. The van der Waals surface area contributed by atoms with Crippen LogP contribution in [0.4, 0.5) is 10.5 Å². The first kappa shape index (κ1) is 21.2. The fourth-order valence-corrected chi connectivity index (χ4v) is 4.67. The zero-order valence-corrected chi connectivity index (χ0v) is 19.1. The van der Waals surface area contributed by atoms with Gasteiger partial charge in [-0.3, -0.25) is 0 Å². The molecule has 1 aromatic rings. The molecule has 1 amide bonds. The minimum absolute atomic E-state index is 0.123. The van der Waals surface area contributed by atoms with E-state index in [-0.39, 0.29) is 12.2 Å². The van der Waals surface area contributed by atoms with Crippen molar-refractivity contribution < 1.29 is 19.0 Å². The summed E-state index contributed by atoms with van der Waals surface area (Å²) in [6.07, 6.45) is 1.46. The maximum Gasteiger partial charge on any atom is 0.410 e. The lowest BCUT2D eigenvalue weighted by Crippen LogP contribution is -2.40. The molecule has 1 unspecified atom stereocenters. The lowest BCUT2D eigenvalue weighted by atomic mass is 10.00. The number of amides is 1. The van der Waals surface area contributed by atoms with E-state index in [4.69, 9.17) is 14.2 Å². The Hall–Kier alpha value is -1.47. The first-order valence-corrected chi connectivity index (χ1v) is 10.7. The van der Waals surface area contributed by atoms with E-state index in [2.05, 4.69) is 33.8 Å². The predicted octanol–water partition coefficient (Wildman–Crippen LogP) is 4.02. The van der Waals surface area contributed by atoms with Crippen LogP contribution in [0.5, 0.6) is 5.75 Å². The van der Waals surface area contributed by atoms with E-state index < -0.39 is 5.60 Å². The van der Waals surface area contributed by atoms with Crippen LogP contribution in [0.25, 0.3) is 0 Å². The number of benzene rings is 1. The Morgan fingerprint density at radius 3 is 2.71 bits per heavy atom. The summed E-state index contributed by atoms with van der Waals surface area (Å²) in [5.41, 5.74) is 3.10. The van der Waals surface area contributed by atoms with E-state index in [1.807, 2.05) is 25.7 Å². The molecule has 156 valence electrons. The number of hydrogen-bond donors (Lipinski definition) is 0. The molecule has 2 aliphatic rings. The monoisotopic (exact) mass is 454 g/mol. The van der Waals surface area contributed by atoms with Crippen molar-refractivity contribution in [3.8, 4) is 5.75 Å². The smallest absolute Gasteiger partial charge is 0.410 e. The Labute approximate surface area is 176 Å². The number of halogens is 1. The molecule has 28 heavy (non-hydrogen) atoms. The van der Waals surface area contributed by atoms with Crippen LogP contribution >= 0.6 is 15.9 Å². The van der Waals surface area contributed by atoms with Gasteiger partial charge in [-0.1, -0.05) is 0 Å². The molecule has 3 rings (SSSR count). The van der Waals surface area contributed by atoms with Crippen LogP contribution in [0.1, 0.15) is 38.8 Å². The van der Waals surface area contributed by atoms with E-state index in [0.29, 0.717) is 19.7 Å². The van der Waals surface area contributed by atoms with E-state index in [9.17, 15) is 4.79 Å². The number of ether oxygens (including phenoxy) is 3. The molecule has 0 aliphatic carbocycles. The zero-order valence-electron chi connectivity index (χ0n) is 17.5. The number of methoxy groups -OCH3 is 1. The van der Waals surface area contributed by atoms with Gasteiger partial charge in [-0.15, -0.1) is 0 Å². The quantitative estimate of drug-likeness (QED) is 0.689. The standard InChI is InChI=1S/C21H31BrN2O4/c1-14-13-24(10-11-26-5)19-17(27-14)12-15-6-8-23(9-7-16(15)18(19)22)20(25)28-21(2,3)4/h12,14H,6-11,13H2,1-5H3. The van der Waals surface area contributed by atoms with Crippen LogP contribution in [-0.2, 0) is 22.3 Å². The molecular weight excluding hydrogens is 424 g/mol. The Morgan fingerprint density at radius 1 is 1.32 bits per heavy atom. The van der Waals surface area contributed by atoms with E-state index in [1.54, 1.807) is 7.11 Å². The number of rotatable bonds is 3. The third-order valence-electron chi connectivity index (χ3n) is 5.02. The van der Waals surface area contributed by atoms with Gasteiger partial charge in [-0.2, -0.15) is 0 Å². The number of fused-ring (bicyclic) bond motifs is 2. The predicted molar refractivity (Wildman–Crippen MR) is 114 cm³/mol. The van der Waals surface area contributed by atoms with Crippen LogP contribution in [0, 0.1) is 0 Å². The molecule has 2 heterocycles. The van der Waals surface area contributed by atoms with Gasteiger partial charge in [-0.25, -0.2) is 4.79 Å². The topological polar surface area (TPSA) is 51.2 Å². The summed E-state index contributed by atoms with van der Waals surface area (Å²) in [7, 11) is 1.72. The summed E-state index contributed by atoms with van der Waals surface area (Å²) in [6.45, 7) is 11.4. The minimum atomic E-state index is -0.484. The summed E-state index contributed by atoms with van der Waals surface area (Å²) in [5, 5.41) is 0. The van der Waals surface area contributed by atoms with Gasteiger partial charge in [0.05, 0.1) is 18.8 Å². The van der Waals surface area contributed by atoms with Gasteiger partial charge in [-0.05, 0) is 73.7 Å². The van der Waals surface area contributed by atoms with Crippen molar-refractivity contribution in [2.24, 2.45) is 0 Å². The van der Waals surface area contributed by atoms with E-state index in [0.717, 1.165) is 41.8 Å². The van der Waals surface area contributed by atoms with Crippen molar-refractivity contribution in [1.82, 2.24) is 4.90 Å². The summed E-state index contributed by atoms with van der Waals surface area (Å²) in [6, 6.07) is 2.16. The van der Waals surface area contributed by atoms with Crippen LogP contribution in [0.3, 0.4) is 0 Å². The Bertz CT molecular complexity index is 732. The highest BCUT2D eigenvalue weighted by molar-refractivity contribution is 9.10. The van der Waals surface area contributed by atoms with Crippen LogP contribution < -0.4 is 9.64 Å². The molecule has 0 fully saturated rings. The maximum atomic E-state index is 12.5. The highest BCUT2D eigenvalue weighted by atomic mass is 79.9. The molecule has 0 saturated heterocycles. The first-order chi connectivity index (χ1) is 13.2. The van der Waals surface area contributed by atoms with Gasteiger partial charge in [0.15, 0.2) is 0 Å². The van der Waals surface area contributed by atoms with Crippen LogP contribution in [0.2, 0.25) is 0 Å². The average molecular weight is 455 g/mol. The summed E-state index contributed by atoms with van der Waals surface area (Å²) >= 11 is 3.85. The molecular formula is C21H31BrN2O4. The number of carbonyl (C=O) groups excluding carboxylic acids is 1. The lowest BCUT2D eigenvalue weighted by Gasteiger charge is -2.36. The summed E-state index contributed by atoms with van der Waals surface area (Å²) in [5.74, 6) is 0.909. The molecule has 0 N–H and O–H groups in total. The fourth-order valence-electron chi connectivity index (χ4n) is 3.77. The SMILES string of the molecule is COCCN1CC(C)Oc2cc3c(c(Br)c21)CCN(C(=O)OC(C)(C)C)CC3. The molecule has 2 aliphatic heterocycles. The van der Waals surface area contributed by atoms with Crippen molar-refractivity contribution in [3.63, 3.8) is 0 Å². The Morgan fingerprint density at radius 2 is 2.04 bits per heavy atom. The molecule has 1 aromatic carbocycles. The van der Waals surface area contributed by atoms with Gasteiger partial charge in [0.1, 0.15) is 17.5 Å². The van der Waals surface area contributed by atoms with Gasteiger partial charge < -0.3 is 24.0 Å². The second kappa shape index (κ2) is 8.49. The molecule has 0 saturated carbocycles. The Balaban J connectivity index is 1.86. The molecule has 6 nitrogen and oxygen atoms in total. The van der Waals surface area contributed by atoms with E-state index >= 15 is 0 Å². The van der Waals surface area contributed by atoms with Gasteiger partial charge in [0.2, 0.25) is 0 Å².